The van der Waals surface area contributed by atoms with Crippen molar-refractivity contribution in [3.63, 3.8) is 0 Å². The van der Waals surface area contributed by atoms with E-state index in [1.54, 1.807) is 18.2 Å². The number of thiophene rings is 1. The Kier molecular flexibility index (Phi) is 6.82. The third-order valence-corrected chi connectivity index (χ3v) is 8.56. The fraction of sp³-hybridized carbons (Fsp3) is 0.333. The second kappa shape index (κ2) is 9.92. The molecule has 1 atom stereocenters. The number of anilines is 1. The van der Waals surface area contributed by atoms with Crippen LogP contribution in [0.25, 0.3) is 22.2 Å². The lowest BCUT2D eigenvalue weighted by molar-refractivity contribution is 0.0855. The van der Waals surface area contributed by atoms with Crippen molar-refractivity contribution < 1.29 is 17.9 Å². The smallest absolute Gasteiger partial charge is 0.268 e. The first-order valence-corrected chi connectivity index (χ1v) is 14.6. The average molecular weight is 539 g/mol. The van der Waals surface area contributed by atoms with Crippen LogP contribution in [0.3, 0.4) is 0 Å². The van der Waals surface area contributed by atoms with Gasteiger partial charge in [-0.3, -0.25) is 9.52 Å². The topological polar surface area (TPSA) is 113 Å². The lowest BCUT2D eigenvalue weighted by Crippen LogP contribution is -2.32. The molecule has 3 N–H and O–H groups in total. The highest BCUT2D eigenvalue weighted by Gasteiger charge is 2.24. The molecule has 5 rings (SSSR count). The van der Waals surface area contributed by atoms with Gasteiger partial charge < -0.3 is 15.0 Å². The van der Waals surface area contributed by atoms with Crippen LogP contribution in [0.15, 0.2) is 58.3 Å². The molecule has 37 heavy (non-hydrogen) atoms. The highest BCUT2D eigenvalue weighted by Crippen LogP contribution is 2.35. The Morgan fingerprint density at radius 2 is 2.00 bits per heavy atom. The van der Waals surface area contributed by atoms with E-state index in [-0.39, 0.29) is 22.3 Å². The van der Waals surface area contributed by atoms with Crippen molar-refractivity contribution in [3.05, 3.63) is 64.6 Å². The van der Waals surface area contributed by atoms with Gasteiger partial charge in [0.1, 0.15) is 11.3 Å². The number of amides is 1. The number of aromatic amines is 1. The molecule has 0 bridgehead atoms. The number of aromatic nitrogens is 2. The summed E-state index contributed by atoms with van der Waals surface area (Å²) in [4.78, 5) is 20.9. The fourth-order valence-corrected chi connectivity index (χ4v) is 6.13. The van der Waals surface area contributed by atoms with E-state index in [4.69, 9.17) is 4.74 Å². The molecule has 1 aliphatic rings. The van der Waals surface area contributed by atoms with Gasteiger partial charge in [0.2, 0.25) is 0 Å². The minimum Gasteiger partial charge on any atom is -0.376 e. The Bertz CT molecular complexity index is 1510. The predicted molar refractivity (Wildman–Crippen MR) is 147 cm³/mol. The van der Waals surface area contributed by atoms with E-state index >= 15 is 0 Å². The third-order valence-electron chi connectivity index (χ3n) is 6.48. The number of carbonyl (C=O) groups excluding carboxylic acids is 1. The van der Waals surface area contributed by atoms with Crippen molar-refractivity contribution in [2.24, 2.45) is 0 Å². The zero-order chi connectivity index (χ0) is 26.2. The van der Waals surface area contributed by atoms with E-state index < -0.39 is 10.0 Å². The van der Waals surface area contributed by atoms with Gasteiger partial charge in [-0.25, -0.2) is 13.4 Å². The van der Waals surface area contributed by atoms with E-state index in [0.29, 0.717) is 34.5 Å². The monoisotopic (exact) mass is 538 g/mol. The summed E-state index contributed by atoms with van der Waals surface area (Å²) < 4.78 is 34.5. The second-order valence-electron chi connectivity index (χ2n) is 10.2. The number of hydrogen-bond acceptors (Lipinski definition) is 6. The molecular weight excluding hydrogens is 508 g/mol. The molecule has 1 fully saturated rings. The summed E-state index contributed by atoms with van der Waals surface area (Å²) in [6.07, 6.45) is 3.39. The molecule has 0 aliphatic carbocycles. The summed E-state index contributed by atoms with van der Waals surface area (Å²) in [6, 6.07) is 10.5. The van der Waals surface area contributed by atoms with Gasteiger partial charge in [0, 0.05) is 24.1 Å². The van der Waals surface area contributed by atoms with Crippen LogP contribution in [0.4, 0.5) is 5.69 Å². The Hall–Kier alpha value is -3.21. The number of fused-ring (bicyclic) bond motifs is 1. The van der Waals surface area contributed by atoms with Crippen molar-refractivity contribution in [1.82, 2.24) is 15.3 Å². The molecule has 1 unspecified atom stereocenters. The fourth-order valence-electron chi connectivity index (χ4n) is 4.45. The molecule has 8 nitrogen and oxygen atoms in total. The maximum Gasteiger partial charge on any atom is 0.268 e. The van der Waals surface area contributed by atoms with E-state index in [0.717, 1.165) is 30.6 Å². The molecule has 10 heteroatoms. The molecule has 1 amide bonds. The summed E-state index contributed by atoms with van der Waals surface area (Å²) in [5, 5.41) is 7.50. The molecular formula is C27H30N4O4S2. The third kappa shape index (κ3) is 5.41. The lowest BCUT2D eigenvalue weighted by atomic mass is 9.87. The largest absolute Gasteiger partial charge is 0.376 e. The quantitative estimate of drug-likeness (QED) is 0.296. The molecule has 1 aromatic carbocycles. The summed E-state index contributed by atoms with van der Waals surface area (Å²) in [5.41, 5.74) is 3.71. The Labute approximate surface area is 220 Å². The van der Waals surface area contributed by atoms with E-state index in [1.807, 2.05) is 29.0 Å². The second-order valence-corrected chi connectivity index (χ2v) is 12.7. The summed E-state index contributed by atoms with van der Waals surface area (Å²) >= 11 is 1.52. The molecule has 0 spiro atoms. The SMILES string of the molecule is CC(C)(C)c1ccc(S(=O)(=O)Nc2cnc3[nH]c(C(=O)NCC4CCCO4)c(-c4ccsc4)c3c2)cc1. The van der Waals surface area contributed by atoms with Crippen LogP contribution in [0, 0.1) is 0 Å². The molecule has 4 aromatic rings. The first-order valence-electron chi connectivity index (χ1n) is 12.2. The lowest BCUT2D eigenvalue weighted by Gasteiger charge is -2.19. The molecule has 1 aliphatic heterocycles. The van der Waals surface area contributed by atoms with Crippen LogP contribution in [-0.4, -0.2) is 43.5 Å². The Morgan fingerprint density at radius 1 is 1.22 bits per heavy atom. The van der Waals surface area contributed by atoms with Gasteiger partial charge >= 0.3 is 0 Å². The van der Waals surface area contributed by atoms with Crippen LogP contribution in [-0.2, 0) is 20.2 Å². The van der Waals surface area contributed by atoms with Gasteiger partial charge in [0.25, 0.3) is 15.9 Å². The number of carbonyl (C=O) groups is 1. The number of sulfonamides is 1. The van der Waals surface area contributed by atoms with Crippen LogP contribution in [0.5, 0.6) is 0 Å². The Balaban J connectivity index is 1.46. The normalized spacial score (nSPS) is 16.2. The maximum absolute atomic E-state index is 13.1. The van der Waals surface area contributed by atoms with Crippen molar-refractivity contribution in [3.8, 4) is 11.1 Å². The van der Waals surface area contributed by atoms with Crippen molar-refractivity contribution >= 4 is 44.0 Å². The number of benzene rings is 1. The molecule has 0 saturated carbocycles. The molecule has 0 radical (unpaired) electrons. The van der Waals surface area contributed by atoms with E-state index in [2.05, 4.69) is 40.8 Å². The summed E-state index contributed by atoms with van der Waals surface area (Å²) in [6.45, 7) is 7.39. The first kappa shape index (κ1) is 25.4. The van der Waals surface area contributed by atoms with Gasteiger partial charge in [-0.15, -0.1) is 0 Å². The predicted octanol–water partition coefficient (Wildman–Crippen LogP) is 5.30. The number of pyridine rings is 1. The minimum absolute atomic E-state index is 0.0227. The van der Waals surface area contributed by atoms with Crippen LogP contribution in [0.1, 0.15) is 49.7 Å². The van der Waals surface area contributed by atoms with E-state index in [1.165, 1.54) is 17.5 Å². The van der Waals surface area contributed by atoms with Crippen molar-refractivity contribution in [2.45, 2.75) is 50.0 Å². The average Bonchev–Trinajstić information content (AvgIpc) is 3.62. The van der Waals surface area contributed by atoms with E-state index in [9.17, 15) is 13.2 Å². The number of rotatable bonds is 7. The standard InChI is InChI=1S/C27H30N4O4S2/c1-27(2,3)18-6-8-21(9-7-18)37(33,34)31-19-13-22-23(17-10-12-36-16-17)24(30-25(22)28-14-19)26(32)29-15-20-5-4-11-35-20/h6-10,12-14,16,20,31H,4-5,11,15H2,1-3H3,(H,28,30)(H,29,32). The minimum atomic E-state index is -3.83. The van der Waals surface area contributed by atoms with Crippen molar-refractivity contribution in [2.75, 3.05) is 17.9 Å². The number of nitrogens with zero attached hydrogens (tertiary/aromatic N) is 1. The molecule has 194 valence electrons. The highest BCUT2D eigenvalue weighted by atomic mass is 32.2. The summed E-state index contributed by atoms with van der Waals surface area (Å²) in [7, 11) is -3.83. The number of ether oxygens (including phenoxy) is 1. The van der Waals surface area contributed by atoms with Crippen LogP contribution >= 0.6 is 11.3 Å². The van der Waals surface area contributed by atoms with Gasteiger partial charge in [-0.05, 0) is 64.4 Å². The van der Waals surface area contributed by atoms with Gasteiger partial charge in [0.15, 0.2) is 0 Å². The van der Waals surface area contributed by atoms with Crippen LogP contribution in [0.2, 0.25) is 0 Å². The van der Waals surface area contributed by atoms with Crippen molar-refractivity contribution in [1.29, 1.82) is 0 Å². The zero-order valence-corrected chi connectivity index (χ0v) is 22.6. The highest BCUT2D eigenvalue weighted by molar-refractivity contribution is 7.92. The Morgan fingerprint density at radius 3 is 2.65 bits per heavy atom. The van der Waals surface area contributed by atoms with Gasteiger partial charge in [0.05, 0.1) is 22.9 Å². The molecule has 1 saturated heterocycles. The molecule has 4 heterocycles. The van der Waals surface area contributed by atoms with Gasteiger partial charge in [-0.1, -0.05) is 32.9 Å². The number of H-pyrrole nitrogens is 1. The molecule has 3 aromatic heterocycles. The number of hydrogen-bond donors (Lipinski definition) is 3. The maximum atomic E-state index is 13.1. The number of nitrogens with one attached hydrogen (secondary N) is 3. The first-order chi connectivity index (χ1) is 17.6. The van der Waals surface area contributed by atoms with Gasteiger partial charge in [-0.2, -0.15) is 11.3 Å². The van der Waals surface area contributed by atoms with Crippen LogP contribution < -0.4 is 10.0 Å². The zero-order valence-electron chi connectivity index (χ0n) is 21.0. The summed E-state index contributed by atoms with van der Waals surface area (Å²) in [5.74, 6) is -0.254.